The van der Waals surface area contributed by atoms with Gasteiger partial charge >= 0.3 is 0 Å². The van der Waals surface area contributed by atoms with Crippen molar-refractivity contribution in [3.8, 4) is 5.75 Å². The first-order valence-electron chi connectivity index (χ1n) is 8.13. The number of halogens is 1. The smallest absolute Gasteiger partial charge is 0.125 e. The van der Waals surface area contributed by atoms with E-state index < -0.39 is 0 Å². The van der Waals surface area contributed by atoms with Gasteiger partial charge in [-0.25, -0.2) is 0 Å². The lowest BCUT2D eigenvalue weighted by Gasteiger charge is -2.22. The van der Waals surface area contributed by atoms with Crippen molar-refractivity contribution < 1.29 is 4.74 Å². The first-order chi connectivity index (χ1) is 9.95. The van der Waals surface area contributed by atoms with E-state index in [0.717, 1.165) is 37.7 Å². The number of hydrogen-bond donors (Lipinski definition) is 1. The van der Waals surface area contributed by atoms with Crippen LogP contribution in [0.15, 0.2) is 16.6 Å². The highest BCUT2D eigenvalue weighted by atomic mass is 79.9. The maximum atomic E-state index is 5.87. The fraction of sp³-hybridized carbons (Fsp3) is 0.667. The molecule has 0 radical (unpaired) electrons. The topological polar surface area (TPSA) is 21.3 Å². The van der Waals surface area contributed by atoms with Crippen molar-refractivity contribution in [1.29, 1.82) is 0 Å². The van der Waals surface area contributed by atoms with Gasteiger partial charge in [0.15, 0.2) is 0 Å². The lowest BCUT2D eigenvalue weighted by Crippen LogP contribution is -2.30. The Kier molecular flexibility index (Phi) is 6.12. The van der Waals surface area contributed by atoms with Crippen molar-refractivity contribution in [2.45, 2.75) is 53.0 Å². The van der Waals surface area contributed by atoms with Crippen LogP contribution in [0.4, 0.5) is 0 Å². The van der Waals surface area contributed by atoms with Crippen LogP contribution in [0.1, 0.15) is 45.2 Å². The fourth-order valence-electron chi connectivity index (χ4n) is 3.12. The van der Waals surface area contributed by atoms with Gasteiger partial charge in [0.05, 0.1) is 6.61 Å². The second-order valence-electron chi connectivity index (χ2n) is 6.91. The second kappa shape index (κ2) is 7.64. The summed E-state index contributed by atoms with van der Waals surface area (Å²) in [5.41, 5.74) is 2.73. The fourth-order valence-corrected chi connectivity index (χ4v) is 3.67. The van der Waals surface area contributed by atoms with E-state index in [1.165, 1.54) is 22.0 Å². The van der Waals surface area contributed by atoms with Gasteiger partial charge in [0, 0.05) is 16.9 Å². The van der Waals surface area contributed by atoms with Crippen molar-refractivity contribution in [2.24, 2.45) is 11.8 Å². The summed E-state index contributed by atoms with van der Waals surface area (Å²) in [5.74, 6) is 2.54. The maximum Gasteiger partial charge on any atom is 0.125 e. The molecular formula is C18H28BrNO. The molecular weight excluding hydrogens is 326 g/mol. The highest BCUT2D eigenvalue weighted by Gasteiger charge is 2.21. The number of ether oxygens (including phenoxy) is 1. The largest absolute Gasteiger partial charge is 0.493 e. The third-order valence-corrected chi connectivity index (χ3v) is 4.41. The Bertz CT molecular complexity index is 471. The van der Waals surface area contributed by atoms with Gasteiger partial charge in [-0.3, -0.25) is 0 Å². The highest BCUT2D eigenvalue weighted by Crippen LogP contribution is 2.35. The molecule has 0 saturated carbocycles. The predicted octanol–water partition coefficient (Wildman–Crippen LogP) is 4.59. The van der Waals surface area contributed by atoms with Gasteiger partial charge in [0.1, 0.15) is 5.75 Å². The van der Waals surface area contributed by atoms with E-state index in [-0.39, 0.29) is 0 Å². The Hall–Kier alpha value is -0.540. The summed E-state index contributed by atoms with van der Waals surface area (Å²) >= 11 is 3.65. The Morgan fingerprint density at radius 2 is 2.00 bits per heavy atom. The van der Waals surface area contributed by atoms with E-state index in [2.05, 4.69) is 61.1 Å². The Balaban J connectivity index is 2.12. The molecule has 21 heavy (non-hydrogen) atoms. The van der Waals surface area contributed by atoms with E-state index in [9.17, 15) is 0 Å². The van der Waals surface area contributed by atoms with Gasteiger partial charge in [-0.15, -0.1) is 0 Å². The second-order valence-corrected chi connectivity index (χ2v) is 7.83. The molecule has 0 aromatic heterocycles. The molecule has 118 valence electrons. The summed E-state index contributed by atoms with van der Waals surface area (Å²) in [5, 5.41) is 3.60. The minimum Gasteiger partial charge on any atom is -0.493 e. The monoisotopic (exact) mass is 353 g/mol. The first-order valence-corrected chi connectivity index (χ1v) is 8.92. The Morgan fingerprint density at radius 3 is 2.67 bits per heavy atom. The molecule has 1 atom stereocenters. The lowest BCUT2D eigenvalue weighted by atomic mass is 9.89. The summed E-state index contributed by atoms with van der Waals surface area (Å²) < 4.78 is 7.06. The number of hydrogen-bond acceptors (Lipinski definition) is 2. The minimum atomic E-state index is 0.545. The van der Waals surface area contributed by atoms with Gasteiger partial charge in [-0.1, -0.05) is 43.6 Å². The molecule has 0 spiro atoms. The normalized spacial score (nSPS) is 15.4. The molecule has 0 fully saturated rings. The molecule has 0 aliphatic carbocycles. The van der Waals surface area contributed by atoms with Crippen molar-refractivity contribution in [3.63, 3.8) is 0 Å². The van der Waals surface area contributed by atoms with Crippen LogP contribution >= 0.6 is 15.9 Å². The molecule has 1 aliphatic rings. The number of rotatable bonds is 7. The molecule has 1 heterocycles. The molecule has 0 saturated heterocycles. The zero-order valence-corrected chi connectivity index (χ0v) is 15.3. The number of fused-ring (bicyclic) bond motifs is 1. The average Bonchev–Trinajstić information content (AvgIpc) is 2.83. The van der Waals surface area contributed by atoms with Crippen LogP contribution in [0.2, 0.25) is 0 Å². The SMILES string of the molecule is CC(C)CC(CNC(C)C)Cc1cc(Br)cc2c1OCC2. The quantitative estimate of drug-likeness (QED) is 0.773. The summed E-state index contributed by atoms with van der Waals surface area (Å²) in [6, 6.07) is 4.99. The summed E-state index contributed by atoms with van der Waals surface area (Å²) in [6.45, 7) is 11.0. The molecule has 1 aromatic rings. The van der Waals surface area contributed by atoms with Crippen molar-refractivity contribution in [1.82, 2.24) is 5.32 Å². The molecule has 1 unspecified atom stereocenters. The van der Waals surface area contributed by atoms with E-state index in [1.807, 2.05) is 0 Å². The maximum absolute atomic E-state index is 5.87. The van der Waals surface area contributed by atoms with Crippen LogP contribution in [-0.2, 0) is 12.8 Å². The van der Waals surface area contributed by atoms with E-state index in [1.54, 1.807) is 0 Å². The predicted molar refractivity (Wildman–Crippen MR) is 93.1 cm³/mol. The third kappa shape index (κ3) is 5.00. The molecule has 2 rings (SSSR count). The van der Waals surface area contributed by atoms with Gasteiger partial charge in [0.2, 0.25) is 0 Å². The molecule has 2 nitrogen and oxygen atoms in total. The zero-order valence-electron chi connectivity index (χ0n) is 13.7. The third-order valence-electron chi connectivity index (χ3n) is 3.95. The van der Waals surface area contributed by atoms with Crippen LogP contribution in [0.25, 0.3) is 0 Å². The molecule has 1 N–H and O–H groups in total. The lowest BCUT2D eigenvalue weighted by molar-refractivity contribution is 0.341. The first kappa shape index (κ1) is 16.8. The number of benzene rings is 1. The van der Waals surface area contributed by atoms with E-state index in [4.69, 9.17) is 4.74 Å². The minimum absolute atomic E-state index is 0.545. The summed E-state index contributed by atoms with van der Waals surface area (Å²) in [7, 11) is 0. The standard InChI is InChI=1S/C18H28BrNO/c1-12(2)7-14(11-20-13(3)4)8-16-10-17(19)9-15-5-6-21-18(15)16/h9-10,12-14,20H,5-8,11H2,1-4H3. The van der Waals surface area contributed by atoms with Crippen LogP contribution < -0.4 is 10.1 Å². The van der Waals surface area contributed by atoms with E-state index >= 15 is 0 Å². The zero-order chi connectivity index (χ0) is 15.4. The molecule has 0 amide bonds. The van der Waals surface area contributed by atoms with Gasteiger partial charge in [-0.2, -0.15) is 0 Å². The number of nitrogens with one attached hydrogen (secondary N) is 1. The molecule has 0 bridgehead atoms. The van der Waals surface area contributed by atoms with Gasteiger partial charge < -0.3 is 10.1 Å². The molecule has 3 heteroatoms. The summed E-state index contributed by atoms with van der Waals surface area (Å²) in [4.78, 5) is 0. The van der Waals surface area contributed by atoms with Crippen LogP contribution in [0, 0.1) is 11.8 Å². The van der Waals surface area contributed by atoms with Gasteiger partial charge in [-0.05, 0) is 54.5 Å². The Labute approximate surface area is 137 Å². The van der Waals surface area contributed by atoms with Crippen molar-refractivity contribution in [2.75, 3.05) is 13.2 Å². The van der Waals surface area contributed by atoms with Crippen LogP contribution in [0.3, 0.4) is 0 Å². The van der Waals surface area contributed by atoms with Crippen LogP contribution in [-0.4, -0.2) is 19.2 Å². The van der Waals surface area contributed by atoms with Crippen LogP contribution in [0.5, 0.6) is 5.75 Å². The van der Waals surface area contributed by atoms with Crippen molar-refractivity contribution >= 4 is 15.9 Å². The molecule has 1 aromatic carbocycles. The van der Waals surface area contributed by atoms with E-state index in [0.29, 0.717) is 12.0 Å². The average molecular weight is 354 g/mol. The van der Waals surface area contributed by atoms with Gasteiger partial charge in [0.25, 0.3) is 0 Å². The highest BCUT2D eigenvalue weighted by molar-refractivity contribution is 9.10. The molecule has 1 aliphatic heterocycles. The van der Waals surface area contributed by atoms with Crippen molar-refractivity contribution in [3.05, 3.63) is 27.7 Å². The summed E-state index contributed by atoms with van der Waals surface area (Å²) in [6.07, 6.45) is 3.39. The Morgan fingerprint density at radius 1 is 1.24 bits per heavy atom.